The van der Waals surface area contributed by atoms with E-state index in [0.717, 1.165) is 8.04 Å². The Balaban J connectivity index is 3.00. The number of benzene rings is 1. The highest BCUT2D eigenvalue weighted by molar-refractivity contribution is 14.1. The van der Waals surface area contributed by atoms with Crippen LogP contribution in [0.4, 0.5) is 0 Å². The fraction of sp³-hybridized carbons (Fsp3) is 0.273. The molecule has 1 aromatic rings. The number of amides is 1. The Morgan fingerprint density at radius 2 is 2.28 bits per heavy atom. The molecule has 0 spiro atoms. The number of amidine groups is 1. The van der Waals surface area contributed by atoms with Gasteiger partial charge in [0.05, 0.1) is 12.1 Å². The van der Waals surface area contributed by atoms with Crippen LogP contribution in [0.3, 0.4) is 0 Å². The maximum Gasteiger partial charge on any atom is 0.255 e. The third-order valence-electron chi connectivity index (χ3n) is 2.31. The molecule has 0 saturated carbocycles. The van der Waals surface area contributed by atoms with E-state index in [1.807, 2.05) is 19.1 Å². The van der Waals surface area contributed by atoms with Crippen molar-refractivity contribution in [3.05, 3.63) is 31.8 Å². The van der Waals surface area contributed by atoms with Gasteiger partial charge in [0.25, 0.3) is 5.91 Å². The lowest BCUT2D eigenvalue weighted by Crippen LogP contribution is -2.38. The van der Waals surface area contributed by atoms with Crippen LogP contribution in [-0.4, -0.2) is 34.9 Å². The molecule has 0 heterocycles. The maximum atomic E-state index is 12.3. The standard InChI is InChI=1S/C11H13BrIN3O2/c1-2-16(6-10(14)15-18)11(17)8-5-7(12)3-4-9(8)13/h3-5,18H,2,6H2,1H3,(H2,14,15). The van der Waals surface area contributed by atoms with Crippen LogP contribution in [0.15, 0.2) is 27.8 Å². The van der Waals surface area contributed by atoms with Gasteiger partial charge in [-0.2, -0.15) is 0 Å². The minimum atomic E-state index is -0.144. The molecule has 5 nitrogen and oxygen atoms in total. The summed E-state index contributed by atoms with van der Waals surface area (Å²) in [5.41, 5.74) is 6.02. The maximum absolute atomic E-state index is 12.3. The van der Waals surface area contributed by atoms with Crippen molar-refractivity contribution in [2.75, 3.05) is 13.1 Å². The molecule has 3 N–H and O–H groups in total. The number of rotatable bonds is 4. The summed E-state index contributed by atoms with van der Waals surface area (Å²) in [6.45, 7) is 2.43. The monoisotopic (exact) mass is 425 g/mol. The van der Waals surface area contributed by atoms with Crippen molar-refractivity contribution in [2.24, 2.45) is 10.9 Å². The highest BCUT2D eigenvalue weighted by atomic mass is 127. The van der Waals surface area contributed by atoms with Crippen LogP contribution in [0.25, 0.3) is 0 Å². The van der Waals surface area contributed by atoms with Crippen molar-refractivity contribution < 1.29 is 10.0 Å². The summed E-state index contributed by atoms with van der Waals surface area (Å²) < 4.78 is 1.70. The second-order valence-corrected chi connectivity index (χ2v) is 5.61. The van der Waals surface area contributed by atoms with Gasteiger partial charge in [-0.1, -0.05) is 21.1 Å². The summed E-state index contributed by atoms with van der Waals surface area (Å²) in [6.07, 6.45) is 0. The van der Waals surface area contributed by atoms with Gasteiger partial charge in [-0.05, 0) is 47.7 Å². The highest BCUT2D eigenvalue weighted by Crippen LogP contribution is 2.20. The van der Waals surface area contributed by atoms with E-state index in [4.69, 9.17) is 10.9 Å². The molecule has 1 rings (SSSR count). The van der Waals surface area contributed by atoms with Crippen molar-refractivity contribution in [1.82, 2.24) is 4.90 Å². The Kier molecular flexibility index (Phi) is 5.86. The zero-order valence-electron chi connectivity index (χ0n) is 9.73. The zero-order valence-corrected chi connectivity index (χ0v) is 13.5. The van der Waals surface area contributed by atoms with Crippen LogP contribution >= 0.6 is 38.5 Å². The molecule has 0 aliphatic rings. The Hall–Kier alpha value is -0.830. The Bertz CT molecular complexity index is 479. The van der Waals surface area contributed by atoms with Gasteiger partial charge < -0.3 is 15.8 Å². The van der Waals surface area contributed by atoms with E-state index in [0.29, 0.717) is 12.1 Å². The van der Waals surface area contributed by atoms with Crippen LogP contribution < -0.4 is 5.73 Å². The fourth-order valence-electron chi connectivity index (χ4n) is 1.39. The molecule has 98 valence electrons. The molecule has 1 amide bonds. The molecule has 0 fully saturated rings. The van der Waals surface area contributed by atoms with E-state index in [1.54, 1.807) is 6.07 Å². The summed E-state index contributed by atoms with van der Waals surface area (Å²) in [7, 11) is 0. The summed E-state index contributed by atoms with van der Waals surface area (Å²) in [5, 5.41) is 11.4. The third kappa shape index (κ3) is 3.84. The quantitative estimate of drug-likeness (QED) is 0.255. The molecule has 0 aliphatic heterocycles. The predicted octanol–water partition coefficient (Wildman–Crippen LogP) is 2.26. The fourth-order valence-corrected chi connectivity index (χ4v) is 2.31. The zero-order chi connectivity index (χ0) is 13.7. The minimum absolute atomic E-state index is 0.00945. The first-order valence-electron chi connectivity index (χ1n) is 5.20. The number of oxime groups is 1. The van der Waals surface area contributed by atoms with Gasteiger partial charge in [-0.25, -0.2) is 0 Å². The molecule has 0 atom stereocenters. The molecule has 18 heavy (non-hydrogen) atoms. The first-order valence-corrected chi connectivity index (χ1v) is 7.07. The summed E-state index contributed by atoms with van der Waals surface area (Å²) in [5.74, 6) is -0.134. The molecular formula is C11H13BrIN3O2. The summed E-state index contributed by atoms with van der Waals surface area (Å²) >= 11 is 5.44. The summed E-state index contributed by atoms with van der Waals surface area (Å²) in [4.78, 5) is 13.8. The second kappa shape index (κ2) is 6.93. The van der Waals surface area contributed by atoms with Gasteiger partial charge in [-0.15, -0.1) is 0 Å². The van der Waals surface area contributed by atoms with E-state index in [-0.39, 0.29) is 18.3 Å². The molecule has 0 radical (unpaired) electrons. The lowest BCUT2D eigenvalue weighted by molar-refractivity contribution is 0.0785. The molecule has 0 saturated heterocycles. The largest absolute Gasteiger partial charge is 0.409 e. The Morgan fingerprint density at radius 3 is 2.83 bits per heavy atom. The van der Waals surface area contributed by atoms with Crippen LogP contribution in [0, 0.1) is 3.57 Å². The van der Waals surface area contributed by atoms with Crippen molar-refractivity contribution in [2.45, 2.75) is 6.92 Å². The van der Waals surface area contributed by atoms with Crippen molar-refractivity contribution in [3.63, 3.8) is 0 Å². The van der Waals surface area contributed by atoms with Gasteiger partial charge in [-0.3, -0.25) is 4.79 Å². The first-order chi connectivity index (χ1) is 8.49. The molecule has 0 aliphatic carbocycles. The van der Waals surface area contributed by atoms with Gasteiger partial charge in [0.2, 0.25) is 0 Å². The number of halogens is 2. The average molecular weight is 426 g/mol. The Morgan fingerprint density at radius 1 is 1.61 bits per heavy atom. The SMILES string of the molecule is CCN(C/C(N)=N/O)C(=O)c1cc(Br)ccc1I. The number of carbonyl (C=O) groups excluding carboxylic acids is 1. The lowest BCUT2D eigenvalue weighted by Gasteiger charge is -2.20. The van der Waals surface area contributed by atoms with Gasteiger partial charge in [0.15, 0.2) is 5.84 Å². The predicted molar refractivity (Wildman–Crippen MR) is 81.8 cm³/mol. The van der Waals surface area contributed by atoms with Crippen molar-refractivity contribution in [3.8, 4) is 0 Å². The lowest BCUT2D eigenvalue weighted by atomic mass is 10.2. The van der Waals surface area contributed by atoms with E-state index < -0.39 is 0 Å². The van der Waals surface area contributed by atoms with Crippen molar-refractivity contribution in [1.29, 1.82) is 0 Å². The first kappa shape index (κ1) is 15.2. The van der Waals surface area contributed by atoms with E-state index in [2.05, 4.69) is 43.7 Å². The van der Waals surface area contributed by atoms with E-state index >= 15 is 0 Å². The van der Waals surface area contributed by atoms with Crippen LogP contribution in [-0.2, 0) is 0 Å². The average Bonchev–Trinajstić information content (AvgIpc) is 2.37. The van der Waals surface area contributed by atoms with Gasteiger partial charge >= 0.3 is 0 Å². The van der Waals surface area contributed by atoms with E-state index in [1.165, 1.54) is 4.90 Å². The number of nitrogens with two attached hydrogens (primary N) is 1. The topological polar surface area (TPSA) is 78.9 Å². The Labute approximate surface area is 127 Å². The normalized spacial score (nSPS) is 11.4. The molecule has 0 unspecified atom stereocenters. The minimum Gasteiger partial charge on any atom is -0.409 e. The second-order valence-electron chi connectivity index (χ2n) is 3.53. The summed E-state index contributed by atoms with van der Waals surface area (Å²) in [6, 6.07) is 5.49. The smallest absolute Gasteiger partial charge is 0.255 e. The van der Waals surface area contributed by atoms with E-state index in [9.17, 15) is 4.79 Å². The number of hydrogen-bond acceptors (Lipinski definition) is 3. The highest BCUT2D eigenvalue weighted by Gasteiger charge is 2.18. The molecule has 0 bridgehead atoms. The van der Waals surface area contributed by atoms with Crippen LogP contribution in [0.1, 0.15) is 17.3 Å². The molecule has 1 aromatic carbocycles. The van der Waals surface area contributed by atoms with Crippen molar-refractivity contribution >= 4 is 50.3 Å². The molecular weight excluding hydrogens is 413 g/mol. The van der Waals surface area contributed by atoms with Gasteiger partial charge in [0.1, 0.15) is 0 Å². The van der Waals surface area contributed by atoms with Gasteiger partial charge in [0, 0.05) is 14.6 Å². The third-order valence-corrected chi connectivity index (χ3v) is 3.74. The van der Waals surface area contributed by atoms with Crippen LogP contribution in [0.2, 0.25) is 0 Å². The number of carbonyl (C=O) groups is 1. The number of likely N-dealkylation sites (N-methyl/N-ethyl adjacent to an activating group) is 1. The molecule has 7 heteroatoms. The number of nitrogens with zero attached hydrogens (tertiary/aromatic N) is 2. The number of hydrogen-bond donors (Lipinski definition) is 2. The molecule has 0 aromatic heterocycles. The van der Waals surface area contributed by atoms with Crippen LogP contribution in [0.5, 0.6) is 0 Å².